The van der Waals surface area contributed by atoms with Gasteiger partial charge >= 0.3 is 12.1 Å². The number of rotatable bonds is 1. The van der Waals surface area contributed by atoms with Gasteiger partial charge in [0.25, 0.3) is 0 Å². The molecule has 0 aliphatic rings. The average molecular weight is 248 g/mol. The number of benzene rings is 1. The van der Waals surface area contributed by atoms with Crippen molar-refractivity contribution in [2.45, 2.75) is 0 Å². The van der Waals surface area contributed by atoms with Gasteiger partial charge in [0.15, 0.2) is 0 Å². The van der Waals surface area contributed by atoms with Gasteiger partial charge in [-0.1, -0.05) is 12.1 Å². The molecule has 0 radical (unpaired) electrons. The molecular weight excluding hydrogens is 236 g/mol. The molecule has 0 atom stereocenters. The SMILES string of the molecule is CN(C)C(=O)n1c(NC(=O)O)nc2ccccc21. The highest BCUT2D eigenvalue weighted by atomic mass is 16.4. The van der Waals surface area contributed by atoms with Gasteiger partial charge in [0.2, 0.25) is 5.95 Å². The predicted octanol–water partition coefficient (Wildman–Crippen LogP) is 1.66. The van der Waals surface area contributed by atoms with Crippen LogP contribution in [0.1, 0.15) is 0 Å². The number of fused-ring (bicyclic) bond motifs is 1. The van der Waals surface area contributed by atoms with Crippen molar-refractivity contribution in [1.82, 2.24) is 14.5 Å². The van der Waals surface area contributed by atoms with E-state index in [1.807, 2.05) is 0 Å². The number of nitrogens with zero attached hydrogens (tertiary/aromatic N) is 3. The number of carboxylic acid groups (broad SMARTS) is 1. The summed E-state index contributed by atoms with van der Waals surface area (Å²) in [5.41, 5.74) is 1.11. The van der Waals surface area contributed by atoms with Crippen molar-refractivity contribution >= 4 is 29.1 Å². The highest BCUT2D eigenvalue weighted by Gasteiger charge is 2.19. The number of anilines is 1. The zero-order valence-electron chi connectivity index (χ0n) is 9.91. The molecular formula is C11H12N4O3. The van der Waals surface area contributed by atoms with Crippen molar-refractivity contribution in [3.05, 3.63) is 24.3 Å². The van der Waals surface area contributed by atoms with Gasteiger partial charge in [0, 0.05) is 14.1 Å². The van der Waals surface area contributed by atoms with Gasteiger partial charge in [-0.15, -0.1) is 0 Å². The summed E-state index contributed by atoms with van der Waals surface area (Å²) in [6, 6.07) is 6.57. The predicted molar refractivity (Wildman–Crippen MR) is 65.9 cm³/mol. The lowest BCUT2D eigenvalue weighted by Crippen LogP contribution is -2.29. The molecule has 7 heteroatoms. The second kappa shape index (κ2) is 4.36. The molecule has 7 nitrogen and oxygen atoms in total. The second-order valence-electron chi connectivity index (χ2n) is 3.87. The first-order valence-corrected chi connectivity index (χ1v) is 5.20. The van der Waals surface area contributed by atoms with Crippen LogP contribution in [-0.2, 0) is 0 Å². The van der Waals surface area contributed by atoms with E-state index in [9.17, 15) is 9.59 Å². The normalized spacial score (nSPS) is 10.3. The fourth-order valence-electron chi connectivity index (χ4n) is 1.60. The molecule has 0 saturated carbocycles. The summed E-state index contributed by atoms with van der Waals surface area (Å²) in [6.07, 6.45) is -1.27. The Morgan fingerprint density at radius 2 is 2.00 bits per heavy atom. The lowest BCUT2D eigenvalue weighted by atomic mass is 10.3. The summed E-state index contributed by atoms with van der Waals surface area (Å²) in [5, 5.41) is 10.9. The van der Waals surface area contributed by atoms with Gasteiger partial charge in [-0.05, 0) is 12.1 Å². The molecule has 0 saturated heterocycles. The van der Waals surface area contributed by atoms with Crippen molar-refractivity contribution < 1.29 is 14.7 Å². The standard InChI is InChI=1S/C11H12N4O3/c1-14(2)11(18)15-8-6-4-3-5-7(8)12-9(15)13-10(16)17/h3-6H,1-2H3,(H,12,13)(H,16,17). The van der Waals surface area contributed by atoms with E-state index >= 15 is 0 Å². The van der Waals surface area contributed by atoms with Crippen LogP contribution >= 0.6 is 0 Å². The maximum absolute atomic E-state index is 12.0. The molecule has 1 aromatic carbocycles. The van der Waals surface area contributed by atoms with Gasteiger partial charge in [0.05, 0.1) is 11.0 Å². The molecule has 18 heavy (non-hydrogen) atoms. The van der Waals surface area contributed by atoms with Crippen LogP contribution in [-0.4, -0.2) is 45.8 Å². The first-order valence-electron chi connectivity index (χ1n) is 5.20. The van der Waals surface area contributed by atoms with E-state index in [1.165, 1.54) is 9.47 Å². The lowest BCUT2D eigenvalue weighted by Gasteiger charge is -2.13. The Morgan fingerprint density at radius 3 is 2.61 bits per heavy atom. The number of amides is 2. The fourth-order valence-corrected chi connectivity index (χ4v) is 1.60. The number of hydrogen-bond acceptors (Lipinski definition) is 3. The van der Waals surface area contributed by atoms with E-state index < -0.39 is 6.09 Å². The van der Waals surface area contributed by atoms with E-state index in [0.29, 0.717) is 11.0 Å². The summed E-state index contributed by atoms with van der Waals surface area (Å²) >= 11 is 0. The highest BCUT2D eigenvalue weighted by molar-refractivity contribution is 5.95. The molecule has 0 aliphatic carbocycles. The van der Waals surface area contributed by atoms with E-state index in [1.54, 1.807) is 38.4 Å². The molecule has 0 spiro atoms. The first-order chi connectivity index (χ1) is 8.50. The zero-order chi connectivity index (χ0) is 13.3. The van der Waals surface area contributed by atoms with Crippen molar-refractivity contribution in [3.8, 4) is 0 Å². The molecule has 2 N–H and O–H groups in total. The van der Waals surface area contributed by atoms with E-state index in [4.69, 9.17) is 5.11 Å². The van der Waals surface area contributed by atoms with Gasteiger partial charge in [-0.3, -0.25) is 5.32 Å². The van der Waals surface area contributed by atoms with Crippen LogP contribution in [0.25, 0.3) is 11.0 Å². The Bertz CT molecular complexity index is 618. The van der Waals surface area contributed by atoms with E-state index in [-0.39, 0.29) is 12.0 Å². The van der Waals surface area contributed by atoms with Crippen LogP contribution in [0.2, 0.25) is 0 Å². The summed E-state index contributed by atoms with van der Waals surface area (Å²) in [4.78, 5) is 28.2. The minimum atomic E-state index is -1.27. The second-order valence-corrected chi connectivity index (χ2v) is 3.87. The third-order valence-corrected chi connectivity index (χ3v) is 2.35. The Labute approximate surface area is 103 Å². The number of carbonyl (C=O) groups excluding carboxylic acids is 1. The molecule has 0 aliphatic heterocycles. The zero-order valence-corrected chi connectivity index (χ0v) is 9.91. The number of carbonyl (C=O) groups is 2. The van der Waals surface area contributed by atoms with E-state index in [0.717, 1.165) is 0 Å². The molecule has 2 aromatic rings. The summed E-state index contributed by atoms with van der Waals surface area (Å²) in [6.45, 7) is 0. The maximum Gasteiger partial charge on any atom is 0.411 e. The van der Waals surface area contributed by atoms with Gasteiger partial charge in [0.1, 0.15) is 0 Å². The first kappa shape index (κ1) is 11.9. The number of nitrogens with one attached hydrogen (secondary N) is 1. The van der Waals surface area contributed by atoms with Gasteiger partial charge in [-0.2, -0.15) is 0 Å². The summed E-state index contributed by atoms with van der Waals surface area (Å²) in [7, 11) is 3.17. The molecule has 2 amide bonds. The average Bonchev–Trinajstić information content (AvgIpc) is 2.64. The summed E-state index contributed by atoms with van der Waals surface area (Å²) < 4.78 is 1.23. The molecule has 0 bridgehead atoms. The number of imidazole rings is 1. The van der Waals surface area contributed by atoms with Crippen LogP contribution in [0.4, 0.5) is 15.5 Å². The highest BCUT2D eigenvalue weighted by Crippen LogP contribution is 2.19. The van der Waals surface area contributed by atoms with Crippen LogP contribution in [0.15, 0.2) is 24.3 Å². The fraction of sp³-hybridized carbons (Fsp3) is 0.182. The lowest BCUT2D eigenvalue weighted by molar-refractivity contribution is 0.209. The Balaban J connectivity index is 2.65. The Kier molecular flexibility index (Phi) is 2.88. The smallest absolute Gasteiger partial charge is 0.411 e. The van der Waals surface area contributed by atoms with Crippen LogP contribution in [0.3, 0.4) is 0 Å². The molecule has 1 aromatic heterocycles. The number of aromatic nitrogens is 2. The van der Waals surface area contributed by atoms with E-state index in [2.05, 4.69) is 10.3 Å². The van der Waals surface area contributed by atoms with Crippen molar-refractivity contribution in [3.63, 3.8) is 0 Å². The van der Waals surface area contributed by atoms with Crippen LogP contribution in [0.5, 0.6) is 0 Å². The monoisotopic (exact) mass is 248 g/mol. The van der Waals surface area contributed by atoms with Gasteiger partial charge < -0.3 is 10.0 Å². The maximum atomic E-state index is 12.0. The van der Waals surface area contributed by atoms with Crippen molar-refractivity contribution in [1.29, 1.82) is 0 Å². The quantitative estimate of drug-likeness (QED) is 0.803. The Hall–Kier alpha value is -2.57. The number of para-hydroxylation sites is 2. The summed E-state index contributed by atoms with van der Waals surface area (Å²) in [5.74, 6) is -0.0117. The molecule has 1 heterocycles. The third-order valence-electron chi connectivity index (χ3n) is 2.35. The minimum absolute atomic E-state index is 0.0117. The largest absolute Gasteiger partial charge is 0.465 e. The molecule has 94 valence electrons. The minimum Gasteiger partial charge on any atom is -0.465 e. The van der Waals surface area contributed by atoms with Gasteiger partial charge in [-0.25, -0.2) is 19.1 Å². The third kappa shape index (κ3) is 1.97. The van der Waals surface area contributed by atoms with Crippen molar-refractivity contribution in [2.24, 2.45) is 0 Å². The Morgan fingerprint density at radius 1 is 1.33 bits per heavy atom. The van der Waals surface area contributed by atoms with Crippen LogP contribution in [0, 0.1) is 0 Å². The topological polar surface area (TPSA) is 87.5 Å². The molecule has 2 rings (SSSR count). The van der Waals surface area contributed by atoms with Crippen molar-refractivity contribution in [2.75, 3.05) is 19.4 Å². The van der Waals surface area contributed by atoms with Crippen LogP contribution < -0.4 is 5.32 Å². The molecule has 0 unspecified atom stereocenters. The number of hydrogen-bond donors (Lipinski definition) is 2. The molecule has 0 fully saturated rings.